The molecule has 2 heteroatoms. The summed E-state index contributed by atoms with van der Waals surface area (Å²) in [5, 5.41) is 2.97. The van der Waals surface area contributed by atoms with Crippen LogP contribution >= 0.6 is 0 Å². The Kier molecular flexibility index (Phi) is 4.79. The normalized spacial score (nSPS) is 11.1. The molecular weight excluding hydrogens is 272 g/mol. The summed E-state index contributed by atoms with van der Waals surface area (Å²) in [5.41, 5.74) is 3.86. The van der Waals surface area contributed by atoms with E-state index in [1.807, 2.05) is 0 Å². The van der Waals surface area contributed by atoms with Crippen molar-refractivity contribution in [1.82, 2.24) is 0 Å². The molecule has 0 bridgehead atoms. The van der Waals surface area contributed by atoms with Crippen LogP contribution in [0.25, 0.3) is 5.57 Å². The van der Waals surface area contributed by atoms with E-state index in [9.17, 15) is 0 Å². The van der Waals surface area contributed by atoms with Gasteiger partial charge in [-0.1, -0.05) is 91.7 Å². The summed E-state index contributed by atoms with van der Waals surface area (Å²) in [7, 11) is -0.957. The van der Waals surface area contributed by atoms with Crippen LogP contribution in [0.1, 0.15) is 11.1 Å². The van der Waals surface area contributed by atoms with Crippen molar-refractivity contribution in [3.8, 4) is 0 Å². The summed E-state index contributed by atoms with van der Waals surface area (Å²) >= 11 is 0. The lowest BCUT2D eigenvalue weighted by Gasteiger charge is -2.18. The Bertz CT molecular complexity index is 559. The lowest BCUT2D eigenvalue weighted by Crippen LogP contribution is -2.29. The molecule has 20 heavy (non-hydrogen) atoms. The van der Waals surface area contributed by atoms with Gasteiger partial charge in [0.25, 0.3) is 0 Å². The lowest BCUT2D eigenvalue weighted by molar-refractivity contribution is 1.59. The Morgan fingerprint density at radius 2 is 1.05 bits per heavy atom. The second-order valence-corrected chi connectivity index (χ2v) is 10.6. The fourth-order valence-electron chi connectivity index (χ4n) is 2.51. The molecular formula is C18H22Si2. The van der Waals surface area contributed by atoms with Crippen LogP contribution in [0.5, 0.6) is 0 Å². The van der Waals surface area contributed by atoms with Crippen molar-refractivity contribution in [3.63, 3.8) is 0 Å². The monoisotopic (exact) mass is 294 g/mol. The second-order valence-electron chi connectivity index (χ2n) is 5.57. The molecule has 0 unspecified atom stereocenters. The standard InChI is InChI=1S/C18H22Si2/c1-14(15-10-6-8-12-17(15)19(2)3)16-11-7-9-13-18(16)20(4)5/h6-13H,1H2,2-5H3. The Hall–Kier alpha value is -1.39. The van der Waals surface area contributed by atoms with Gasteiger partial charge in [-0.3, -0.25) is 0 Å². The molecule has 0 saturated carbocycles. The van der Waals surface area contributed by atoms with E-state index >= 15 is 0 Å². The minimum absolute atomic E-state index is 0.479. The third kappa shape index (κ3) is 3.02. The number of rotatable bonds is 4. The maximum Gasteiger partial charge on any atom is 0.0799 e. The van der Waals surface area contributed by atoms with Gasteiger partial charge in [-0.2, -0.15) is 0 Å². The predicted octanol–water partition coefficient (Wildman–Crippen LogP) is 3.67. The highest BCUT2D eigenvalue weighted by Crippen LogP contribution is 2.19. The van der Waals surface area contributed by atoms with E-state index in [1.165, 1.54) is 27.1 Å². The van der Waals surface area contributed by atoms with Crippen molar-refractivity contribution in [2.45, 2.75) is 26.2 Å². The fraction of sp³-hybridized carbons (Fsp3) is 0.222. The van der Waals surface area contributed by atoms with Crippen LogP contribution < -0.4 is 10.4 Å². The summed E-state index contributed by atoms with van der Waals surface area (Å²) in [6.07, 6.45) is 0. The van der Waals surface area contributed by atoms with E-state index < -0.39 is 17.6 Å². The maximum absolute atomic E-state index is 4.41. The van der Waals surface area contributed by atoms with Gasteiger partial charge in [0.1, 0.15) is 0 Å². The molecule has 2 aromatic rings. The minimum atomic E-state index is -0.479. The Labute approximate surface area is 126 Å². The molecule has 0 nitrogen and oxygen atoms in total. The van der Waals surface area contributed by atoms with Crippen molar-refractivity contribution < 1.29 is 0 Å². The van der Waals surface area contributed by atoms with Gasteiger partial charge in [0.05, 0.1) is 17.6 Å². The third-order valence-corrected chi connectivity index (χ3v) is 6.61. The van der Waals surface area contributed by atoms with Gasteiger partial charge in [-0.05, 0) is 16.7 Å². The first-order chi connectivity index (χ1) is 9.52. The van der Waals surface area contributed by atoms with Crippen LogP contribution in [-0.2, 0) is 0 Å². The summed E-state index contributed by atoms with van der Waals surface area (Å²) in [6.45, 7) is 13.8. The van der Waals surface area contributed by atoms with Crippen LogP contribution in [0.15, 0.2) is 55.1 Å². The molecule has 0 fully saturated rings. The molecule has 0 aliphatic rings. The zero-order valence-electron chi connectivity index (χ0n) is 12.8. The van der Waals surface area contributed by atoms with Gasteiger partial charge in [0, 0.05) is 0 Å². The Morgan fingerprint density at radius 3 is 1.40 bits per heavy atom. The smallest absolute Gasteiger partial charge is 0.0799 e. The average molecular weight is 295 g/mol. The van der Waals surface area contributed by atoms with Crippen molar-refractivity contribution in [1.29, 1.82) is 0 Å². The molecule has 0 heterocycles. The largest absolute Gasteiger partial charge is 0.0906 e. The van der Waals surface area contributed by atoms with Gasteiger partial charge < -0.3 is 0 Å². The summed E-state index contributed by atoms with van der Waals surface area (Å²) < 4.78 is 0. The summed E-state index contributed by atoms with van der Waals surface area (Å²) in [6, 6.07) is 17.5. The van der Waals surface area contributed by atoms with Crippen LogP contribution in [0.2, 0.25) is 26.2 Å². The van der Waals surface area contributed by atoms with Crippen LogP contribution in [0.3, 0.4) is 0 Å². The first-order valence-corrected chi connectivity index (χ1v) is 12.0. The number of benzene rings is 2. The Morgan fingerprint density at radius 1 is 0.700 bits per heavy atom. The third-order valence-electron chi connectivity index (χ3n) is 3.58. The summed E-state index contributed by atoms with van der Waals surface area (Å²) in [4.78, 5) is 0. The molecule has 2 aromatic carbocycles. The van der Waals surface area contributed by atoms with Gasteiger partial charge >= 0.3 is 0 Å². The number of hydrogen-bond acceptors (Lipinski definition) is 0. The van der Waals surface area contributed by atoms with Crippen molar-refractivity contribution in [2.24, 2.45) is 0 Å². The molecule has 0 spiro atoms. The van der Waals surface area contributed by atoms with Gasteiger partial charge in [0.15, 0.2) is 0 Å². The molecule has 2 rings (SSSR count). The minimum Gasteiger partial charge on any atom is -0.0906 e. The van der Waals surface area contributed by atoms with E-state index in [2.05, 4.69) is 81.3 Å². The van der Waals surface area contributed by atoms with E-state index in [-0.39, 0.29) is 0 Å². The van der Waals surface area contributed by atoms with Crippen molar-refractivity contribution >= 4 is 33.5 Å². The SMILES string of the molecule is C=C(c1ccccc1[Si](C)C)c1ccccc1[Si](C)C. The average Bonchev–Trinajstić information content (AvgIpc) is 2.46. The molecule has 0 aromatic heterocycles. The van der Waals surface area contributed by atoms with E-state index in [0.717, 1.165) is 0 Å². The van der Waals surface area contributed by atoms with Gasteiger partial charge in [0.2, 0.25) is 0 Å². The molecule has 2 radical (unpaired) electrons. The van der Waals surface area contributed by atoms with E-state index in [1.54, 1.807) is 0 Å². The Balaban J connectivity index is 2.53. The number of hydrogen-bond donors (Lipinski definition) is 0. The van der Waals surface area contributed by atoms with E-state index in [0.29, 0.717) is 0 Å². The highest BCUT2D eigenvalue weighted by molar-refractivity contribution is 6.72. The van der Waals surface area contributed by atoms with E-state index in [4.69, 9.17) is 0 Å². The van der Waals surface area contributed by atoms with Crippen LogP contribution in [0, 0.1) is 0 Å². The molecule has 0 N–H and O–H groups in total. The van der Waals surface area contributed by atoms with Crippen LogP contribution in [-0.4, -0.2) is 17.6 Å². The van der Waals surface area contributed by atoms with Crippen molar-refractivity contribution in [3.05, 3.63) is 66.2 Å². The highest BCUT2D eigenvalue weighted by atomic mass is 28.3. The molecule has 0 saturated heterocycles. The first kappa shape index (κ1) is 15.0. The molecule has 0 atom stereocenters. The van der Waals surface area contributed by atoms with Crippen LogP contribution in [0.4, 0.5) is 0 Å². The van der Waals surface area contributed by atoms with Gasteiger partial charge in [-0.25, -0.2) is 0 Å². The van der Waals surface area contributed by atoms with Gasteiger partial charge in [-0.15, -0.1) is 0 Å². The highest BCUT2D eigenvalue weighted by Gasteiger charge is 2.15. The molecule has 0 aliphatic heterocycles. The van der Waals surface area contributed by atoms with Crippen molar-refractivity contribution in [2.75, 3.05) is 0 Å². The topological polar surface area (TPSA) is 0 Å². The molecule has 102 valence electrons. The zero-order valence-corrected chi connectivity index (χ0v) is 14.8. The predicted molar refractivity (Wildman–Crippen MR) is 95.3 cm³/mol. The lowest BCUT2D eigenvalue weighted by atomic mass is 9.99. The zero-order chi connectivity index (χ0) is 14.7. The quantitative estimate of drug-likeness (QED) is 0.755. The maximum atomic E-state index is 4.41. The summed E-state index contributed by atoms with van der Waals surface area (Å²) in [5.74, 6) is 0. The fourth-order valence-corrected chi connectivity index (χ4v) is 4.91. The first-order valence-electron chi connectivity index (χ1n) is 7.01. The molecule has 0 amide bonds. The second kappa shape index (κ2) is 6.38. The molecule has 0 aliphatic carbocycles.